The predicted octanol–water partition coefficient (Wildman–Crippen LogP) is -0.236. The summed E-state index contributed by atoms with van der Waals surface area (Å²) in [5.41, 5.74) is 5.64. The minimum absolute atomic E-state index is 0.0584. The van der Waals surface area contributed by atoms with Crippen molar-refractivity contribution in [2.75, 3.05) is 12.3 Å². The monoisotopic (exact) mass is 195 g/mol. The van der Waals surface area contributed by atoms with E-state index in [1.54, 1.807) is 12.3 Å². The minimum Gasteiger partial charge on any atom is -0.392 e. The van der Waals surface area contributed by atoms with E-state index >= 15 is 0 Å². The largest absolute Gasteiger partial charge is 0.392 e. The molecule has 0 aliphatic rings. The normalized spacial score (nSPS) is 10.1. The van der Waals surface area contributed by atoms with E-state index in [0.29, 0.717) is 18.5 Å². The Kier molecular flexibility index (Phi) is 3.41. The van der Waals surface area contributed by atoms with Crippen LogP contribution in [0.3, 0.4) is 0 Å². The number of rotatable bonds is 4. The Bertz CT molecular complexity index is 384. The molecule has 1 aromatic rings. The van der Waals surface area contributed by atoms with Crippen LogP contribution in [0.5, 0.6) is 0 Å². The van der Waals surface area contributed by atoms with Crippen LogP contribution in [0.1, 0.15) is 6.42 Å². The maximum absolute atomic E-state index is 11.2. The number of aryl methyl sites for hydroxylation is 1. The number of aliphatic hydroxyl groups excluding tert-OH is 1. The molecule has 0 saturated carbocycles. The van der Waals surface area contributed by atoms with Gasteiger partial charge in [-0.1, -0.05) is 12.2 Å². The van der Waals surface area contributed by atoms with Crippen LogP contribution in [0.25, 0.3) is 0 Å². The Labute approximate surface area is 81.5 Å². The van der Waals surface area contributed by atoms with Crippen LogP contribution in [0.2, 0.25) is 0 Å². The summed E-state index contributed by atoms with van der Waals surface area (Å²) >= 11 is 0. The van der Waals surface area contributed by atoms with E-state index in [1.165, 1.54) is 4.57 Å². The van der Waals surface area contributed by atoms with Gasteiger partial charge in [0.15, 0.2) is 0 Å². The summed E-state index contributed by atoms with van der Waals surface area (Å²) < 4.78 is 1.43. The summed E-state index contributed by atoms with van der Waals surface area (Å²) in [7, 11) is 0. The van der Waals surface area contributed by atoms with Gasteiger partial charge in [-0.25, -0.2) is 4.79 Å². The molecule has 1 aromatic heterocycles. The number of hydrogen-bond acceptors (Lipinski definition) is 4. The molecular formula is C9H13N3O2. The summed E-state index contributed by atoms with van der Waals surface area (Å²) in [6, 6.07) is 1.56. The van der Waals surface area contributed by atoms with Crippen molar-refractivity contribution < 1.29 is 5.11 Å². The quantitative estimate of drug-likeness (QED) is 0.650. The van der Waals surface area contributed by atoms with Crippen molar-refractivity contribution in [2.24, 2.45) is 0 Å². The van der Waals surface area contributed by atoms with Crippen molar-refractivity contribution >= 4 is 5.82 Å². The zero-order valence-electron chi connectivity index (χ0n) is 7.81. The first kappa shape index (κ1) is 10.5. The molecule has 0 fully saturated rings. The van der Waals surface area contributed by atoms with E-state index in [0.717, 1.165) is 0 Å². The molecule has 1 heterocycles. The van der Waals surface area contributed by atoms with E-state index in [2.05, 4.69) is 11.6 Å². The van der Waals surface area contributed by atoms with Crippen molar-refractivity contribution in [3.63, 3.8) is 0 Å². The van der Waals surface area contributed by atoms with Gasteiger partial charge in [0, 0.05) is 12.7 Å². The topological polar surface area (TPSA) is 81.1 Å². The number of anilines is 1. The molecule has 5 heteroatoms. The van der Waals surface area contributed by atoms with Crippen LogP contribution >= 0.6 is 0 Å². The smallest absolute Gasteiger partial charge is 0.349 e. The third kappa shape index (κ3) is 2.70. The van der Waals surface area contributed by atoms with Crippen molar-refractivity contribution in [1.29, 1.82) is 0 Å². The highest BCUT2D eigenvalue weighted by Gasteiger charge is 1.98. The zero-order chi connectivity index (χ0) is 10.6. The van der Waals surface area contributed by atoms with Gasteiger partial charge in [-0.15, -0.1) is 0 Å². The maximum Gasteiger partial charge on any atom is 0.349 e. The fourth-order valence-electron chi connectivity index (χ4n) is 0.970. The summed E-state index contributed by atoms with van der Waals surface area (Å²) in [4.78, 5) is 14.8. The lowest BCUT2D eigenvalue weighted by molar-refractivity contribution is 0.325. The average molecular weight is 195 g/mol. The highest BCUT2D eigenvalue weighted by atomic mass is 16.3. The van der Waals surface area contributed by atoms with Crippen molar-refractivity contribution in [3.05, 3.63) is 34.9 Å². The highest BCUT2D eigenvalue weighted by Crippen LogP contribution is 1.98. The summed E-state index contributed by atoms with van der Waals surface area (Å²) in [5.74, 6) is 0.215. The molecule has 0 spiro atoms. The number of aliphatic hydroxyl groups is 1. The number of nitrogen functional groups attached to an aromatic ring is 1. The van der Waals surface area contributed by atoms with E-state index < -0.39 is 0 Å². The Hall–Kier alpha value is -1.62. The van der Waals surface area contributed by atoms with Crippen LogP contribution in [0.15, 0.2) is 29.2 Å². The van der Waals surface area contributed by atoms with Gasteiger partial charge >= 0.3 is 5.69 Å². The van der Waals surface area contributed by atoms with Crippen LogP contribution in [0.4, 0.5) is 5.82 Å². The molecule has 0 unspecified atom stereocenters. The fourth-order valence-corrected chi connectivity index (χ4v) is 0.970. The Morgan fingerprint density at radius 2 is 2.43 bits per heavy atom. The van der Waals surface area contributed by atoms with Gasteiger partial charge in [-0.3, -0.25) is 4.57 Å². The van der Waals surface area contributed by atoms with Gasteiger partial charge in [0.1, 0.15) is 5.82 Å². The zero-order valence-corrected chi connectivity index (χ0v) is 7.81. The van der Waals surface area contributed by atoms with E-state index in [-0.39, 0.29) is 18.1 Å². The number of aromatic nitrogens is 2. The highest BCUT2D eigenvalue weighted by molar-refractivity contribution is 5.23. The molecule has 0 aromatic carbocycles. The van der Waals surface area contributed by atoms with Gasteiger partial charge in [-0.05, 0) is 12.5 Å². The number of nitrogens with zero attached hydrogens (tertiary/aromatic N) is 2. The molecule has 3 N–H and O–H groups in total. The van der Waals surface area contributed by atoms with Gasteiger partial charge in [0.2, 0.25) is 0 Å². The first-order chi connectivity index (χ1) is 6.63. The Morgan fingerprint density at radius 3 is 3.00 bits per heavy atom. The van der Waals surface area contributed by atoms with Crippen LogP contribution in [-0.2, 0) is 6.54 Å². The second-order valence-electron chi connectivity index (χ2n) is 2.99. The molecule has 76 valence electrons. The third-order valence-corrected chi connectivity index (χ3v) is 1.83. The molecule has 1 rings (SSSR count). The van der Waals surface area contributed by atoms with Crippen LogP contribution in [-0.4, -0.2) is 21.3 Å². The second kappa shape index (κ2) is 4.57. The van der Waals surface area contributed by atoms with Gasteiger partial charge in [0.05, 0.1) is 6.61 Å². The molecule has 14 heavy (non-hydrogen) atoms. The van der Waals surface area contributed by atoms with E-state index in [4.69, 9.17) is 10.8 Å². The number of hydrogen-bond donors (Lipinski definition) is 2. The Morgan fingerprint density at radius 1 is 1.71 bits per heavy atom. The molecule has 0 bridgehead atoms. The Balaban J connectivity index is 2.68. The van der Waals surface area contributed by atoms with Crippen LogP contribution < -0.4 is 11.4 Å². The molecule has 0 saturated heterocycles. The van der Waals surface area contributed by atoms with Gasteiger partial charge < -0.3 is 10.8 Å². The second-order valence-corrected chi connectivity index (χ2v) is 2.99. The molecule has 0 atom stereocenters. The number of nitrogens with two attached hydrogens (primary N) is 1. The molecule has 0 aliphatic heterocycles. The predicted molar refractivity (Wildman–Crippen MR) is 53.8 cm³/mol. The van der Waals surface area contributed by atoms with Crippen molar-refractivity contribution in [2.45, 2.75) is 13.0 Å². The lowest BCUT2D eigenvalue weighted by atomic mass is 10.2. The molecule has 5 nitrogen and oxygen atoms in total. The molecule has 0 amide bonds. The molecular weight excluding hydrogens is 182 g/mol. The first-order valence-corrected chi connectivity index (χ1v) is 4.24. The van der Waals surface area contributed by atoms with Gasteiger partial charge in [0.25, 0.3) is 0 Å². The minimum atomic E-state index is -0.379. The van der Waals surface area contributed by atoms with E-state index in [9.17, 15) is 4.79 Å². The summed E-state index contributed by atoms with van der Waals surface area (Å²) in [5, 5.41) is 8.70. The van der Waals surface area contributed by atoms with Crippen molar-refractivity contribution in [1.82, 2.24) is 9.55 Å². The maximum atomic E-state index is 11.2. The third-order valence-electron chi connectivity index (χ3n) is 1.83. The lowest BCUT2D eigenvalue weighted by Gasteiger charge is -2.05. The molecule has 0 aliphatic carbocycles. The lowest BCUT2D eigenvalue weighted by Crippen LogP contribution is -2.23. The first-order valence-electron chi connectivity index (χ1n) is 4.24. The fraction of sp³-hybridized carbons (Fsp3) is 0.333. The van der Waals surface area contributed by atoms with Gasteiger partial charge in [-0.2, -0.15) is 4.98 Å². The van der Waals surface area contributed by atoms with Crippen molar-refractivity contribution in [3.8, 4) is 0 Å². The standard InChI is InChI=1S/C9H13N3O2/c1-7(6-13)2-4-12-5-3-8(10)11-9(12)14/h3,5,13H,1-2,4,6H2,(H2,10,11,14). The summed E-state index contributed by atoms with van der Waals surface area (Å²) in [6.45, 7) is 4.03. The summed E-state index contributed by atoms with van der Waals surface area (Å²) in [6.07, 6.45) is 2.14. The van der Waals surface area contributed by atoms with Crippen LogP contribution in [0, 0.1) is 0 Å². The average Bonchev–Trinajstić information content (AvgIpc) is 2.16. The molecule has 0 radical (unpaired) electrons. The van der Waals surface area contributed by atoms with E-state index in [1.807, 2.05) is 0 Å². The SMILES string of the molecule is C=C(CO)CCn1ccc(N)nc1=O.